The van der Waals surface area contributed by atoms with Crippen LogP contribution in [0.5, 0.6) is 0 Å². The summed E-state index contributed by atoms with van der Waals surface area (Å²) in [5.74, 6) is -0.339. The number of carbonyl (C=O) groups excluding carboxylic acids is 1. The molecule has 0 rings (SSSR count). The van der Waals surface area contributed by atoms with Gasteiger partial charge in [-0.3, -0.25) is 4.79 Å². The molecule has 90 valence electrons. The van der Waals surface area contributed by atoms with Gasteiger partial charge in [-0.25, -0.2) is 0 Å². The van der Waals surface area contributed by atoms with Gasteiger partial charge in [0, 0.05) is 19.5 Å². The van der Waals surface area contributed by atoms with Crippen molar-refractivity contribution in [1.29, 1.82) is 0 Å². The van der Waals surface area contributed by atoms with Crippen LogP contribution in [0.1, 0.15) is 25.7 Å². The molecule has 0 saturated heterocycles. The molecule has 0 aliphatic heterocycles. The fourth-order valence-corrected chi connectivity index (χ4v) is 1.24. The van der Waals surface area contributed by atoms with Gasteiger partial charge in [-0.1, -0.05) is 6.42 Å². The number of carbonyl (C=O) groups is 1. The van der Waals surface area contributed by atoms with E-state index in [1.54, 1.807) is 0 Å². The van der Waals surface area contributed by atoms with Crippen LogP contribution < -0.4 is 0 Å². The summed E-state index contributed by atoms with van der Waals surface area (Å²) < 4.78 is 35.5. The zero-order chi connectivity index (χ0) is 11.9. The van der Waals surface area contributed by atoms with E-state index in [1.165, 1.54) is 7.05 Å². The van der Waals surface area contributed by atoms with Gasteiger partial charge in [-0.2, -0.15) is 13.2 Å². The molecular formula is C9H15ClF3NO. The molecule has 0 radical (unpaired) electrons. The van der Waals surface area contributed by atoms with Crippen molar-refractivity contribution >= 4 is 17.5 Å². The zero-order valence-electron chi connectivity index (χ0n) is 8.61. The number of unbranched alkanes of at least 4 members (excludes halogenated alkanes) is 2. The fourth-order valence-electron chi connectivity index (χ4n) is 1.05. The molecule has 0 fully saturated rings. The van der Waals surface area contributed by atoms with Crippen molar-refractivity contribution in [3.63, 3.8) is 0 Å². The Bertz CT molecular complexity index is 196. The number of hydrogen-bond donors (Lipinski definition) is 0. The molecule has 15 heavy (non-hydrogen) atoms. The van der Waals surface area contributed by atoms with E-state index in [2.05, 4.69) is 0 Å². The Morgan fingerprint density at radius 3 is 2.33 bits per heavy atom. The molecular weight excluding hydrogens is 231 g/mol. The molecule has 0 spiro atoms. The first kappa shape index (κ1) is 14.6. The van der Waals surface area contributed by atoms with Gasteiger partial charge in [-0.05, 0) is 12.8 Å². The Kier molecular flexibility index (Phi) is 6.72. The Morgan fingerprint density at radius 2 is 1.87 bits per heavy atom. The van der Waals surface area contributed by atoms with Gasteiger partial charge in [-0.15, -0.1) is 11.6 Å². The van der Waals surface area contributed by atoms with Crippen LogP contribution in [0.25, 0.3) is 0 Å². The minimum atomic E-state index is -4.42. The van der Waals surface area contributed by atoms with Gasteiger partial charge in [0.25, 0.3) is 0 Å². The number of hydrogen-bond acceptors (Lipinski definition) is 1. The molecule has 0 unspecified atom stereocenters. The van der Waals surface area contributed by atoms with Gasteiger partial charge in [0.1, 0.15) is 6.42 Å². The average molecular weight is 246 g/mol. The third-order valence-corrected chi connectivity index (χ3v) is 2.17. The monoisotopic (exact) mass is 245 g/mol. The number of nitrogens with zero attached hydrogens (tertiary/aromatic N) is 1. The van der Waals surface area contributed by atoms with Crippen molar-refractivity contribution in [2.45, 2.75) is 31.9 Å². The highest BCUT2D eigenvalue weighted by molar-refractivity contribution is 6.17. The molecule has 0 aromatic rings. The summed E-state index contributed by atoms with van der Waals surface area (Å²) >= 11 is 5.44. The van der Waals surface area contributed by atoms with Gasteiger partial charge >= 0.3 is 6.18 Å². The Balaban J connectivity index is 3.70. The molecule has 0 saturated carbocycles. The topological polar surface area (TPSA) is 20.3 Å². The number of halogens is 4. The maximum Gasteiger partial charge on any atom is 0.397 e. The van der Waals surface area contributed by atoms with Crippen LogP contribution in [0.3, 0.4) is 0 Å². The molecule has 1 amide bonds. The molecule has 0 N–H and O–H groups in total. The van der Waals surface area contributed by atoms with Crippen molar-refractivity contribution in [2.75, 3.05) is 19.5 Å². The van der Waals surface area contributed by atoms with Crippen molar-refractivity contribution in [3.05, 3.63) is 0 Å². The molecule has 0 atom stereocenters. The van der Waals surface area contributed by atoms with Crippen LogP contribution in [0.15, 0.2) is 0 Å². The zero-order valence-corrected chi connectivity index (χ0v) is 9.37. The molecule has 0 heterocycles. The molecule has 0 bridgehead atoms. The lowest BCUT2D eigenvalue weighted by Crippen LogP contribution is -2.31. The van der Waals surface area contributed by atoms with Crippen molar-refractivity contribution in [1.82, 2.24) is 4.90 Å². The molecule has 0 aromatic heterocycles. The van der Waals surface area contributed by atoms with E-state index in [0.717, 1.165) is 17.7 Å². The molecule has 0 aromatic carbocycles. The normalized spacial score (nSPS) is 11.5. The fraction of sp³-hybridized carbons (Fsp3) is 0.889. The van der Waals surface area contributed by atoms with E-state index < -0.39 is 18.5 Å². The van der Waals surface area contributed by atoms with E-state index in [0.29, 0.717) is 18.8 Å². The predicted molar refractivity (Wildman–Crippen MR) is 52.9 cm³/mol. The van der Waals surface area contributed by atoms with Crippen LogP contribution in [0, 0.1) is 0 Å². The lowest BCUT2D eigenvalue weighted by Gasteiger charge is -2.17. The largest absolute Gasteiger partial charge is 0.397 e. The Labute approximate surface area is 92.4 Å². The third kappa shape index (κ3) is 8.54. The SMILES string of the molecule is CN(CCCCCCl)C(=O)CC(F)(F)F. The lowest BCUT2D eigenvalue weighted by atomic mass is 10.2. The molecule has 2 nitrogen and oxygen atoms in total. The minimum Gasteiger partial charge on any atom is -0.345 e. The minimum absolute atomic E-state index is 0.353. The highest BCUT2D eigenvalue weighted by Gasteiger charge is 2.32. The summed E-state index contributed by atoms with van der Waals surface area (Å²) in [6.45, 7) is 0.353. The number of rotatable bonds is 6. The van der Waals surface area contributed by atoms with Gasteiger partial charge in [0.15, 0.2) is 0 Å². The van der Waals surface area contributed by atoms with E-state index in [9.17, 15) is 18.0 Å². The molecule has 0 aliphatic carbocycles. The Morgan fingerprint density at radius 1 is 1.27 bits per heavy atom. The summed E-state index contributed by atoms with van der Waals surface area (Å²) in [4.78, 5) is 12.1. The summed E-state index contributed by atoms with van der Waals surface area (Å²) in [5, 5.41) is 0. The maximum atomic E-state index is 11.8. The summed E-state index contributed by atoms with van der Waals surface area (Å²) in [5.41, 5.74) is 0. The summed E-state index contributed by atoms with van der Waals surface area (Å²) in [6, 6.07) is 0. The van der Waals surface area contributed by atoms with Crippen molar-refractivity contribution < 1.29 is 18.0 Å². The summed E-state index contributed by atoms with van der Waals surface area (Å²) in [6.07, 6.45) is -3.46. The highest BCUT2D eigenvalue weighted by Crippen LogP contribution is 2.20. The first-order valence-electron chi connectivity index (χ1n) is 4.73. The van der Waals surface area contributed by atoms with Gasteiger partial charge in [0.05, 0.1) is 0 Å². The second-order valence-electron chi connectivity index (χ2n) is 3.36. The van der Waals surface area contributed by atoms with Gasteiger partial charge in [0.2, 0.25) is 5.91 Å². The first-order valence-corrected chi connectivity index (χ1v) is 5.27. The van der Waals surface area contributed by atoms with E-state index in [1.807, 2.05) is 0 Å². The number of alkyl halides is 4. The van der Waals surface area contributed by atoms with E-state index in [4.69, 9.17) is 11.6 Å². The smallest absolute Gasteiger partial charge is 0.345 e. The van der Waals surface area contributed by atoms with E-state index >= 15 is 0 Å². The third-order valence-electron chi connectivity index (χ3n) is 1.90. The summed E-state index contributed by atoms with van der Waals surface area (Å²) in [7, 11) is 1.38. The second kappa shape index (κ2) is 6.93. The lowest BCUT2D eigenvalue weighted by molar-refractivity contribution is -0.160. The predicted octanol–water partition coefficient (Wildman–Crippen LogP) is 2.81. The maximum absolute atomic E-state index is 11.8. The molecule has 0 aliphatic rings. The van der Waals surface area contributed by atoms with Crippen LogP contribution in [-0.4, -0.2) is 36.5 Å². The number of amides is 1. The standard InChI is InChI=1S/C9H15ClF3NO/c1-14(6-4-2-3-5-10)8(15)7-9(11,12)13/h2-7H2,1H3. The van der Waals surface area contributed by atoms with Crippen LogP contribution in [-0.2, 0) is 4.79 Å². The first-order chi connectivity index (χ1) is 6.87. The van der Waals surface area contributed by atoms with Crippen molar-refractivity contribution in [2.24, 2.45) is 0 Å². The average Bonchev–Trinajstić information content (AvgIpc) is 2.09. The van der Waals surface area contributed by atoms with Gasteiger partial charge < -0.3 is 4.90 Å². The van der Waals surface area contributed by atoms with Crippen molar-refractivity contribution in [3.8, 4) is 0 Å². The highest BCUT2D eigenvalue weighted by atomic mass is 35.5. The van der Waals surface area contributed by atoms with Crippen LogP contribution in [0.4, 0.5) is 13.2 Å². The quantitative estimate of drug-likeness (QED) is 0.521. The molecule has 6 heteroatoms. The van der Waals surface area contributed by atoms with Crippen LogP contribution in [0.2, 0.25) is 0 Å². The Hall–Kier alpha value is -0.450. The second-order valence-corrected chi connectivity index (χ2v) is 3.73. The van der Waals surface area contributed by atoms with Crippen LogP contribution >= 0.6 is 11.6 Å². The van der Waals surface area contributed by atoms with E-state index in [-0.39, 0.29) is 0 Å².